The first kappa shape index (κ1) is 18.2. The Kier molecular flexibility index (Phi) is 5.25. The predicted molar refractivity (Wildman–Crippen MR) is 91.0 cm³/mol. The third-order valence-corrected chi connectivity index (χ3v) is 3.59. The fourth-order valence-electron chi connectivity index (χ4n) is 2.41. The summed E-state index contributed by atoms with van der Waals surface area (Å²) in [4.78, 5) is 24.7. The lowest BCUT2D eigenvalue weighted by Gasteiger charge is -2.12. The molecule has 1 amide bonds. The monoisotopic (exact) mass is 375 g/mol. The minimum atomic E-state index is -2.98. The van der Waals surface area contributed by atoms with Crippen LogP contribution in [0.5, 0.6) is 0 Å². The summed E-state index contributed by atoms with van der Waals surface area (Å²) in [6.07, 6.45) is 2.33. The molecule has 2 aromatic heterocycles. The molecule has 1 aromatic carbocycles. The molecule has 2 heterocycles. The Bertz CT molecular complexity index is 953. The molecule has 3 rings (SSSR count). The van der Waals surface area contributed by atoms with Crippen molar-refractivity contribution in [1.29, 1.82) is 0 Å². The lowest BCUT2D eigenvalue weighted by atomic mass is 10.3. The van der Waals surface area contributed by atoms with E-state index in [9.17, 15) is 18.4 Å². The summed E-state index contributed by atoms with van der Waals surface area (Å²) < 4.78 is 32.5. The first-order chi connectivity index (χ1) is 13.0. The number of alkyl halides is 2. The molecule has 1 N–H and O–H groups in total. The summed E-state index contributed by atoms with van der Waals surface area (Å²) in [5, 5.41) is 10.00. The molecule has 0 radical (unpaired) electrons. The van der Waals surface area contributed by atoms with Crippen LogP contribution < -0.4 is 5.32 Å². The van der Waals surface area contributed by atoms with Gasteiger partial charge in [0.25, 0.3) is 5.91 Å². The molecule has 140 valence electrons. The zero-order valence-electron chi connectivity index (χ0n) is 14.2. The van der Waals surface area contributed by atoms with Crippen LogP contribution in [0.2, 0.25) is 0 Å². The first-order valence-corrected chi connectivity index (χ1v) is 7.96. The molecule has 10 heteroatoms. The Hall–Kier alpha value is -3.56. The summed E-state index contributed by atoms with van der Waals surface area (Å²) in [6.45, 7) is -1.22. The molecule has 0 aliphatic carbocycles. The second-order valence-electron chi connectivity index (χ2n) is 5.27. The predicted octanol–water partition coefficient (Wildman–Crippen LogP) is 2.89. The van der Waals surface area contributed by atoms with Gasteiger partial charge in [0.05, 0.1) is 18.5 Å². The Morgan fingerprint density at radius 2 is 1.93 bits per heavy atom. The van der Waals surface area contributed by atoms with E-state index in [1.165, 1.54) is 10.9 Å². The molecular weight excluding hydrogens is 360 g/mol. The van der Waals surface area contributed by atoms with Gasteiger partial charge in [0.2, 0.25) is 0 Å². The number of halogens is 2. The molecule has 27 heavy (non-hydrogen) atoms. The smallest absolute Gasteiger partial charge is 0.343 e. The highest BCUT2D eigenvalue weighted by Crippen LogP contribution is 2.22. The van der Waals surface area contributed by atoms with E-state index >= 15 is 0 Å². The molecule has 8 nitrogen and oxygen atoms in total. The lowest BCUT2D eigenvalue weighted by Crippen LogP contribution is -2.21. The highest BCUT2D eigenvalue weighted by molar-refractivity contribution is 6.06. The van der Waals surface area contributed by atoms with Crippen LogP contribution >= 0.6 is 0 Å². The fourth-order valence-corrected chi connectivity index (χ4v) is 2.41. The number of esters is 1. The Balaban J connectivity index is 2.01. The van der Waals surface area contributed by atoms with Crippen molar-refractivity contribution in [2.45, 2.75) is 13.5 Å². The zero-order valence-corrected chi connectivity index (χ0v) is 14.2. The van der Waals surface area contributed by atoms with E-state index in [0.29, 0.717) is 5.69 Å². The second-order valence-corrected chi connectivity index (χ2v) is 5.27. The number of para-hydroxylation sites is 1. The summed E-state index contributed by atoms with van der Waals surface area (Å²) in [7, 11) is 0. The van der Waals surface area contributed by atoms with Crippen LogP contribution in [0, 0.1) is 0 Å². The number of hydrogen-bond donors (Lipinski definition) is 1. The van der Waals surface area contributed by atoms with Gasteiger partial charge in [-0.15, -0.1) is 0 Å². The Labute approximate surface area is 152 Å². The molecule has 0 atom stereocenters. The summed E-state index contributed by atoms with van der Waals surface area (Å²) >= 11 is 0. The number of nitrogens with zero attached hydrogens (tertiary/aromatic N) is 4. The van der Waals surface area contributed by atoms with E-state index in [0.717, 1.165) is 12.3 Å². The fraction of sp³-hybridized carbons (Fsp3) is 0.176. The van der Waals surface area contributed by atoms with E-state index in [1.54, 1.807) is 37.3 Å². The lowest BCUT2D eigenvalue weighted by molar-refractivity contribution is 0.0515. The molecule has 0 saturated heterocycles. The number of ether oxygens (including phenoxy) is 1. The summed E-state index contributed by atoms with van der Waals surface area (Å²) in [5.74, 6) is -1.56. The van der Waals surface area contributed by atoms with Crippen LogP contribution in [0.15, 0.2) is 48.8 Å². The minimum Gasteiger partial charge on any atom is -0.462 e. The van der Waals surface area contributed by atoms with E-state index < -0.39 is 18.4 Å². The van der Waals surface area contributed by atoms with Crippen LogP contribution in [0.1, 0.15) is 34.3 Å². The Morgan fingerprint density at radius 1 is 1.19 bits per heavy atom. The van der Waals surface area contributed by atoms with E-state index in [-0.39, 0.29) is 28.4 Å². The molecule has 0 bridgehead atoms. The number of aromatic nitrogens is 4. The summed E-state index contributed by atoms with van der Waals surface area (Å²) in [5.41, 5.74) is 0.198. The van der Waals surface area contributed by atoms with Crippen LogP contribution in [0.25, 0.3) is 5.69 Å². The number of amides is 1. The standard InChI is InChI=1S/C17H15F2N5O3/c1-2-27-16(26)12-10-21-23(11-6-4-3-5-7-11)14(12)22-15(25)13-8-9-20-24(13)17(18)19/h3-10,17H,2H2,1H3,(H,22,25). The average molecular weight is 375 g/mol. The molecule has 0 spiro atoms. The van der Waals surface area contributed by atoms with Gasteiger partial charge in [0.1, 0.15) is 11.3 Å². The number of rotatable bonds is 6. The van der Waals surface area contributed by atoms with Crippen molar-refractivity contribution in [3.63, 3.8) is 0 Å². The van der Waals surface area contributed by atoms with Gasteiger partial charge in [0, 0.05) is 6.20 Å². The minimum absolute atomic E-state index is 0.00262. The average Bonchev–Trinajstić information content (AvgIpc) is 3.30. The number of carbonyl (C=O) groups excluding carboxylic acids is 2. The highest BCUT2D eigenvalue weighted by Gasteiger charge is 2.24. The molecule has 0 saturated carbocycles. The molecule has 0 unspecified atom stereocenters. The van der Waals surface area contributed by atoms with Gasteiger partial charge in [-0.05, 0) is 25.1 Å². The van der Waals surface area contributed by atoms with Crippen molar-refractivity contribution in [2.24, 2.45) is 0 Å². The van der Waals surface area contributed by atoms with Crippen molar-refractivity contribution in [3.05, 3.63) is 60.0 Å². The summed E-state index contributed by atoms with van der Waals surface area (Å²) in [6, 6.07) is 9.85. The maximum atomic E-state index is 13.0. The van der Waals surface area contributed by atoms with Crippen molar-refractivity contribution in [2.75, 3.05) is 11.9 Å². The Morgan fingerprint density at radius 3 is 2.59 bits per heavy atom. The molecule has 0 aliphatic rings. The van der Waals surface area contributed by atoms with Crippen molar-refractivity contribution < 1.29 is 23.1 Å². The van der Waals surface area contributed by atoms with Gasteiger partial charge in [0.15, 0.2) is 5.82 Å². The number of carbonyl (C=O) groups is 2. The van der Waals surface area contributed by atoms with Gasteiger partial charge < -0.3 is 10.1 Å². The van der Waals surface area contributed by atoms with Crippen LogP contribution in [-0.4, -0.2) is 38.0 Å². The van der Waals surface area contributed by atoms with Crippen LogP contribution in [0.3, 0.4) is 0 Å². The number of hydrogen-bond acceptors (Lipinski definition) is 5. The van der Waals surface area contributed by atoms with Crippen molar-refractivity contribution >= 4 is 17.7 Å². The van der Waals surface area contributed by atoms with E-state index in [1.807, 2.05) is 0 Å². The third-order valence-electron chi connectivity index (χ3n) is 3.59. The highest BCUT2D eigenvalue weighted by atomic mass is 19.3. The van der Waals surface area contributed by atoms with Gasteiger partial charge in [-0.25, -0.2) is 9.48 Å². The van der Waals surface area contributed by atoms with Gasteiger partial charge in [-0.2, -0.15) is 23.7 Å². The molecule has 0 aliphatic heterocycles. The van der Waals surface area contributed by atoms with Crippen LogP contribution in [0.4, 0.5) is 14.6 Å². The van der Waals surface area contributed by atoms with Crippen LogP contribution in [-0.2, 0) is 4.74 Å². The van der Waals surface area contributed by atoms with Gasteiger partial charge >= 0.3 is 12.5 Å². The molecular formula is C17H15F2N5O3. The molecule has 0 fully saturated rings. The zero-order chi connectivity index (χ0) is 19.4. The third kappa shape index (κ3) is 3.68. The maximum Gasteiger partial charge on any atom is 0.343 e. The maximum absolute atomic E-state index is 13.0. The van der Waals surface area contributed by atoms with Crippen molar-refractivity contribution in [1.82, 2.24) is 19.6 Å². The van der Waals surface area contributed by atoms with E-state index in [4.69, 9.17) is 4.74 Å². The van der Waals surface area contributed by atoms with Crippen molar-refractivity contribution in [3.8, 4) is 5.69 Å². The normalized spacial score (nSPS) is 10.8. The van der Waals surface area contributed by atoms with Gasteiger partial charge in [-0.3, -0.25) is 4.79 Å². The number of anilines is 1. The molecule has 3 aromatic rings. The number of benzene rings is 1. The quantitative estimate of drug-likeness (QED) is 0.669. The largest absolute Gasteiger partial charge is 0.462 e. The number of nitrogens with one attached hydrogen (secondary N) is 1. The van der Waals surface area contributed by atoms with E-state index in [2.05, 4.69) is 15.5 Å². The first-order valence-electron chi connectivity index (χ1n) is 7.96. The SMILES string of the molecule is CCOC(=O)c1cnn(-c2ccccc2)c1NC(=O)c1ccnn1C(F)F. The van der Waals surface area contributed by atoms with Gasteiger partial charge in [-0.1, -0.05) is 18.2 Å². The topological polar surface area (TPSA) is 91.0 Å². The second kappa shape index (κ2) is 7.77.